The molecule has 1 heterocycles. The van der Waals surface area contributed by atoms with Gasteiger partial charge in [0.25, 0.3) is 5.91 Å². The fourth-order valence-corrected chi connectivity index (χ4v) is 2.00. The number of H-pyrrole nitrogens is 1. The lowest BCUT2D eigenvalue weighted by atomic mass is 10.2. The van der Waals surface area contributed by atoms with Gasteiger partial charge in [0, 0.05) is 22.4 Å². The summed E-state index contributed by atoms with van der Waals surface area (Å²) in [6, 6.07) is 4.86. The molecule has 0 saturated carbocycles. The number of hydrogen-bond donors (Lipinski definition) is 2. The average Bonchev–Trinajstić information content (AvgIpc) is 2.86. The van der Waals surface area contributed by atoms with Crippen LogP contribution in [0.2, 0.25) is 5.02 Å². The van der Waals surface area contributed by atoms with Crippen LogP contribution in [0.25, 0.3) is 0 Å². The minimum atomic E-state index is -0.179. The van der Waals surface area contributed by atoms with Crippen LogP contribution in [0.1, 0.15) is 29.1 Å². The van der Waals surface area contributed by atoms with E-state index in [0.29, 0.717) is 15.1 Å². The first kappa shape index (κ1) is 13.1. The maximum absolute atomic E-state index is 12.0. The minimum absolute atomic E-state index is 0.170. The van der Waals surface area contributed by atoms with E-state index in [1.807, 2.05) is 6.92 Å². The standard InChI is InChI=1S/C12H11BrClN3O/c1-7(11-15-4-5-16-11)17-12(18)8-2-3-10(14)9(13)6-8/h2-7H,1H3,(H,15,16)(H,17,18). The molecule has 0 aliphatic rings. The highest BCUT2D eigenvalue weighted by Gasteiger charge is 2.13. The third-order valence-corrected chi connectivity index (χ3v) is 3.67. The van der Waals surface area contributed by atoms with Gasteiger partial charge in [0.2, 0.25) is 0 Å². The van der Waals surface area contributed by atoms with E-state index < -0.39 is 0 Å². The maximum atomic E-state index is 12.0. The Morgan fingerprint density at radius 3 is 2.94 bits per heavy atom. The Balaban J connectivity index is 2.10. The molecule has 0 saturated heterocycles. The summed E-state index contributed by atoms with van der Waals surface area (Å²) in [4.78, 5) is 19.0. The predicted molar refractivity (Wildman–Crippen MR) is 73.6 cm³/mol. The summed E-state index contributed by atoms with van der Waals surface area (Å²) in [5, 5.41) is 3.42. The maximum Gasteiger partial charge on any atom is 0.251 e. The summed E-state index contributed by atoms with van der Waals surface area (Å²) in [5.41, 5.74) is 0.546. The molecule has 2 aromatic rings. The van der Waals surface area contributed by atoms with Gasteiger partial charge < -0.3 is 10.3 Å². The molecule has 4 nitrogen and oxygen atoms in total. The molecule has 1 unspecified atom stereocenters. The van der Waals surface area contributed by atoms with Crippen LogP contribution in [0.5, 0.6) is 0 Å². The molecule has 0 spiro atoms. The van der Waals surface area contributed by atoms with E-state index >= 15 is 0 Å². The zero-order valence-corrected chi connectivity index (χ0v) is 11.9. The third kappa shape index (κ3) is 2.91. The van der Waals surface area contributed by atoms with Crippen molar-refractivity contribution in [3.8, 4) is 0 Å². The predicted octanol–water partition coefficient (Wildman–Crippen LogP) is 3.32. The average molecular weight is 329 g/mol. The topological polar surface area (TPSA) is 57.8 Å². The summed E-state index contributed by atoms with van der Waals surface area (Å²) >= 11 is 9.17. The summed E-state index contributed by atoms with van der Waals surface area (Å²) < 4.78 is 0.697. The number of amides is 1. The fourth-order valence-electron chi connectivity index (χ4n) is 1.50. The van der Waals surface area contributed by atoms with E-state index in [9.17, 15) is 4.79 Å². The van der Waals surface area contributed by atoms with E-state index in [0.717, 1.165) is 5.82 Å². The first-order chi connectivity index (χ1) is 8.58. The normalized spacial score (nSPS) is 12.2. The van der Waals surface area contributed by atoms with Crippen molar-refractivity contribution >= 4 is 33.4 Å². The van der Waals surface area contributed by atoms with Gasteiger partial charge in [-0.25, -0.2) is 4.98 Å². The molecule has 1 atom stereocenters. The Bertz CT molecular complexity index is 556. The molecule has 0 fully saturated rings. The van der Waals surface area contributed by atoms with Crippen molar-refractivity contribution in [3.05, 3.63) is 51.5 Å². The number of halogens is 2. The first-order valence-corrected chi connectivity index (χ1v) is 6.50. The highest BCUT2D eigenvalue weighted by molar-refractivity contribution is 9.10. The molecule has 94 valence electrons. The minimum Gasteiger partial charge on any atom is -0.347 e. The van der Waals surface area contributed by atoms with Gasteiger partial charge in [-0.2, -0.15) is 0 Å². The van der Waals surface area contributed by atoms with Crippen LogP contribution < -0.4 is 5.32 Å². The molecular weight excluding hydrogens is 318 g/mol. The summed E-state index contributed by atoms with van der Waals surface area (Å²) in [5.74, 6) is 0.549. The number of aromatic nitrogens is 2. The van der Waals surface area contributed by atoms with E-state index in [2.05, 4.69) is 31.2 Å². The highest BCUT2D eigenvalue weighted by Crippen LogP contribution is 2.23. The van der Waals surface area contributed by atoms with Crippen molar-refractivity contribution in [1.82, 2.24) is 15.3 Å². The summed E-state index contributed by atoms with van der Waals surface area (Å²) in [6.45, 7) is 1.86. The van der Waals surface area contributed by atoms with E-state index in [4.69, 9.17) is 11.6 Å². The van der Waals surface area contributed by atoms with Crippen molar-refractivity contribution in [2.24, 2.45) is 0 Å². The van der Waals surface area contributed by atoms with Crippen LogP contribution in [0, 0.1) is 0 Å². The number of benzene rings is 1. The Kier molecular flexibility index (Phi) is 4.04. The van der Waals surface area contributed by atoms with Gasteiger partial charge in [0.05, 0.1) is 11.1 Å². The van der Waals surface area contributed by atoms with Crippen LogP contribution in [0.4, 0.5) is 0 Å². The second kappa shape index (κ2) is 5.54. The van der Waals surface area contributed by atoms with Gasteiger partial charge in [-0.05, 0) is 41.1 Å². The molecule has 0 bridgehead atoms. The van der Waals surface area contributed by atoms with Crippen LogP contribution >= 0.6 is 27.5 Å². The van der Waals surface area contributed by atoms with Gasteiger partial charge in [0.15, 0.2) is 0 Å². The molecule has 0 aliphatic heterocycles. The lowest BCUT2D eigenvalue weighted by Crippen LogP contribution is -2.27. The summed E-state index contributed by atoms with van der Waals surface area (Å²) in [7, 11) is 0. The molecule has 1 amide bonds. The number of nitrogens with zero attached hydrogens (tertiary/aromatic N) is 1. The number of rotatable bonds is 3. The van der Waals surface area contributed by atoms with Crippen LogP contribution in [0.15, 0.2) is 35.1 Å². The third-order valence-electron chi connectivity index (χ3n) is 2.46. The van der Waals surface area contributed by atoms with Crippen molar-refractivity contribution in [3.63, 3.8) is 0 Å². The number of hydrogen-bond acceptors (Lipinski definition) is 2. The van der Waals surface area contributed by atoms with Crippen LogP contribution in [-0.2, 0) is 0 Å². The lowest BCUT2D eigenvalue weighted by molar-refractivity contribution is 0.0938. The highest BCUT2D eigenvalue weighted by atomic mass is 79.9. The number of aromatic amines is 1. The number of nitrogens with one attached hydrogen (secondary N) is 2. The number of imidazole rings is 1. The first-order valence-electron chi connectivity index (χ1n) is 5.33. The van der Waals surface area contributed by atoms with Gasteiger partial charge in [-0.3, -0.25) is 4.79 Å². The van der Waals surface area contributed by atoms with Gasteiger partial charge >= 0.3 is 0 Å². The van der Waals surface area contributed by atoms with Crippen molar-refractivity contribution in [2.75, 3.05) is 0 Å². The molecule has 0 radical (unpaired) electrons. The molecule has 2 N–H and O–H groups in total. The molecule has 2 rings (SSSR count). The quantitative estimate of drug-likeness (QED) is 0.908. The smallest absolute Gasteiger partial charge is 0.251 e. The Morgan fingerprint density at radius 1 is 1.56 bits per heavy atom. The Hall–Kier alpha value is -1.33. The molecular formula is C12H11BrClN3O. The zero-order chi connectivity index (χ0) is 13.1. The molecule has 18 heavy (non-hydrogen) atoms. The van der Waals surface area contributed by atoms with Gasteiger partial charge in [0.1, 0.15) is 5.82 Å². The molecule has 6 heteroatoms. The summed E-state index contributed by atoms with van der Waals surface area (Å²) in [6.07, 6.45) is 3.37. The number of carbonyl (C=O) groups excluding carboxylic acids is 1. The second-order valence-electron chi connectivity index (χ2n) is 3.80. The second-order valence-corrected chi connectivity index (χ2v) is 5.06. The van der Waals surface area contributed by atoms with E-state index in [1.165, 1.54) is 0 Å². The van der Waals surface area contributed by atoms with Crippen molar-refractivity contribution < 1.29 is 4.79 Å². The molecule has 0 aliphatic carbocycles. The fraction of sp³-hybridized carbons (Fsp3) is 0.167. The van der Waals surface area contributed by atoms with E-state index in [-0.39, 0.29) is 11.9 Å². The Morgan fingerprint density at radius 2 is 2.33 bits per heavy atom. The van der Waals surface area contributed by atoms with Gasteiger partial charge in [-0.1, -0.05) is 11.6 Å². The van der Waals surface area contributed by atoms with Crippen molar-refractivity contribution in [1.29, 1.82) is 0 Å². The SMILES string of the molecule is CC(NC(=O)c1ccc(Cl)c(Br)c1)c1ncc[nH]1. The monoisotopic (exact) mass is 327 g/mol. The van der Waals surface area contributed by atoms with E-state index in [1.54, 1.807) is 30.6 Å². The number of carbonyl (C=O) groups is 1. The largest absolute Gasteiger partial charge is 0.347 e. The lowest BCUT2D eigenvalue weighted by Gasteiger charge is -2.11. The Labute approximate surface area is 118 Å². The molecule has 1 aromatic heterocycles. The van der Waals surface area contributed by atoms with Crippen LogP contribution in [-0.4, -0.2) is 15.9 Å². The van der Waals surface area contributed by atoms with Crippen molar-refractivity contribution in [2.45, 2.75) is 13.0 Å². The molecule has 1 aromatic carbocycles. The van der Waals surface area contributed by atoms with Gasteiger partial charge in [-0.15, -0.1) is 0 Å². The zero-order valence-electron chi connectivity index (χ0n) is 9.58. The van der Waals surface area contributed by atoms with Crippen LogP contribution in [0.3, 0.4) is 0 Å².